The van der Waals surface area contributed by atoms with Crippen LogP contribution in [0.4, 0.5) is 9.18 Å². The summed E-state index contributed by atoms with van der Waals surface area (Å²) in [5, 5.41) is 19.8. The number of para-hydroxylation sites is 1. The van der Waals surface area contributed by atoms with Gasteiger partial charge in [0.05, 0.1) is 35.1 Å². The van der Waals surface area contributed by atoms with Crippen LogP contribution < -0.4 is 5.32 Å². The van der Waals surface area contributed by atoms with Crippen molar-refractivity contribution < 1.29 is 52.4 Å². The summed E-state index contributed by atoms with van der Waals surface area (Å²) in [5.74, 6) is 1.07. The van der Waals surface area contributed by atoms with Crippen molar-refractivity contribution in [1.29, 1.82) is 0 Å². The van der Waals surface area contributed by atoms with Gasteiger partial charge in [-0.2, -0.15) is 0 Å². The van der Waals surface area contributed by atoms with Gasteiger partial charge in [0.15, 0.2) is 17.7 Å². The topological polar surface area (TPSA) is 167 Å². The number of halogens is 1. The molecule has 3 aliphatic rings. The summed E-state index contributed by atoms with van der Waals surface area (Å²) in [4.78, 5) is 53.0. The quantitative estimate of drug-likeness (QED) is 0.167. The molecule has 1 aromatic heterocycles. The van der Waals surface area contributed by atoms with Crippen LogP contribution in [-0.2, 0) is 38.1 Å². The molecule has 4 heterocycles. The molecular weight excluding hydrogens is 751 g/mol. The van der Waals surface area contributed by atoms with Crippen molar-refractivity contribution in [3.8, 4) is 11.8 Å². The number of pyridine rings is 1. The molecule has 2 N–H and O–H groups in total. The van der Waals surface area contributed by atoms with Crippen LogP contribution in [0, 0.1) is 29.6 Å². The number of ketones is 1. The Morgan fingerprint density at radius 2 is 1.81 bits per heavy atom. The van der Waals surface area contributed by atoms with E-state index in [9.17, 15) is 19.5 Å². The highest BCUT2D eigenvalue weighted by atomic mass is 19.1. The first-order chi connectivity index (χ1) is 27.3. The number of oxime groups is 1. The molecule has 0 spiro atoms. The van der Waals surface area contributed by atoms with Gasteiger partial charge in [-0.15, -0.1) is 0 Å². The lowest BCUT2D eigenvalue weighted by Gasteiger charge is -2.47. The second-order valence-corrected chi connectivity index (χ2v) is 16.7. The molecular formula is C43H59FN4O10. The third kappa shape index (κ3) is 9.16. The first-order valence-electron chi connectivity index (χ1n) is 19.9. The van der Waals surface area contributed by atoms with Crippen molar-refractivity contribution in [3.05, 3.63) is 42.1 Å². The van der Waals surface area contributed by atoms with E-state index in [-0.39, 0.29) is 31.6 Å². The van der Waals surface area contributed by atoms with Crippen LogP contribution in [0.3, 0.4) is 0 Å². The van der Waals surface area contributed by atoms with E-state index in [0.29, 0.717) is 17.7 Å². The third-order valence-corrected chi connectivity index (χ3v) is 12.0. The number of nitrogens with zero attached hydrogens (tertiary/aromatic N) is 3. The summed E-state index contributed by atoms with van der Waals surface area (Å²) in [6.07, 6.45) is -3.69. The molecule has 15 heteroatoms. The number of alkyl carbamates (subject to hydrolysis) is 1. The number of nitrogens with one attached hydrogen (secondary N) is 1. The summed E-state index contributed by atoms with van der Waals surface area (Å²) in [6, 6.07) is 8.37. The minimum atomic E-state index is -3.18. The maximum Gasteiger partial charge on any atom is 0.408 e. The fourth-order valence-corrected chi connectivity index (χ4v) is 8.90. The number of ether oxygens (including phenoxy) is 5. The summed E-state index contributed by atoms with van der Waals surface area (Å²) in [7, 11) is 5.07. The van der Waals surface area contributed by atoms with Crippen LogP contribution in [0.15, 0.2) is 41.7 Å². The Morgan fingerprint density at radius 3 is 2.48 bits per heavy atom. The standard InChI is InChI=1S/C43H59FN4O10/c1-12-32-43(8)35(46-40(52)58-43)26(4)33(47-53-11)24(2)22-41(6,54-19-15-16-28-21-29-17-13-14-18-30(29)45-23-28)37(27(5)36(50)42(7,44)39(51)56-32)57-38-34(49)31(48(9)10)20-25(3)55-38/h13-14,17-18,21,23-27,31-32,34-35,37-38,49H,12,19-20,22H2,1-11H3,(H,46,52)/b47-33+/t24-,25-,26+,27+,31+,32-,34-,35-,37-,38?,41+,42+,43-/m1/s1. The number of aliphatic hydroxyl groups excluding tert-OH is 1. The van der Waals surface area contributed by atoms with E-state index in [1.165, 1.54) is 14.0 Å². The van der Waals surface area contributed by atoms with E-state index in [0.717, 1.165) is 17.8 Å². The number of hydrogen-bond donors (Lipinski definition) is 2. The molecule has 0 aliphatic carbocycles. The SMILES string of the molecule is CC[C@H]1OC(=O)[C@@](C)(F)C(=O)[C@H](C)[C@@H](OC2O[C@H](C)C[C@H](N(C)C)[C@H]2O)[C@@](C)(OCC#Cc2cnc3ccccc3c2)C[C@@H](C)/C(=N\OC)[C@H](C)[C@H]2NC(=O)O[C@@]21C. The number of amides is 1. The second-order valence-electron chi connectivity index (χ2n) is 16.7. The average molecular weight is 811 g/mol. The summed E-state index contributed by atoms with van der Waals surface area (Å²) in [6.45, 7) is 12.7. The fourth-order valence-electron chi connectivity index (χ4n) is 8.90. The lowest BCUT2D eigenvalue weighted by Crippen LogP contribution is -2.61. The predicted molar refractivity (Wildman–Crippen MR) is 213 cm³/mol. The van der Waals surface area contributed by atoms with Gasteiger partial charge in [0, 0.05) is 40.9 Å². The number of aromatic nitrogens is 1. The van der Waals surface area contributed by atoms with Crippen LogP contribution >= 0.6 is 0 Å². The lowest BCUT2D eigenvalue weighted by molar-refractivity contribution is -0.296. The highest BCUT2D eigenvalue weighted by molar-refractivity contribution is 6.08. The number of benzene rings is 1. The monoisotopic (exact) mass is 810 g/mol. The predicted octanol–water partition coefficient (Wildman–Crippen LogP) is 4.97. The van der Waals surface area contributed by atoms with Crippen molar-refractivity contribution in [2.24, 2.45) is 22.9 Å². The van der Waals surface area contributed by atoms with E-state index in [1.807, 2.05) is 70.1 Å². The molecule has 1 aromatic carbocycles. The van der Waals surface area contributed by atoms with Gasteiger partial charge in [-0.25, -0.2) is 14.0 Å². The van der Waals surface area contributed by atoms with Gasteiger partial charge in [-0.3, -0.25) is 9.78 Å². The number of fused-ring (bicyclic) bond motifs is 2. The number of alkyl halides is 1. The van der Waals surface area contributed by atoms with Gasteiger partial charge in [-0.05, 0) is 73.2 Å². The molecule has 0 saturated carbocycles. The highest BCUT2D eigenvalue weighted by Gasteiger charge is 2.59. The van der Waals surface area contributed by atoms with E-state index in [4.69, 9.17) is 28.5 Å². The molecule has 3 saturated heterocycles. The van der Waals surface area contributed by atoms with Crippen molar-refractivity contribution >= 4 is 34.5 Å². The molecule has 0 bridgehead atoms. The van der Waals surface area contributed by atoms with Crippen LogP contribution in [0.1, 0.15) is 80.2 Å². The minimum Gasteiger partial charge on any atom is -0.455 e. The van der Waals surface area contributed by atoms with Gasteiger partial charge >= 0.3 is 12.1 Å². The van der Waals surface area contributed by atoms with Crippen LogP contribution in [-0.4, -0.2) is 126 Å². The number of carbonyl (C=O) groups excluding carboxylic acids is 3. The molecule has 0 radical (unpaired) electrons. The van der Waals surface area contributed by atoms with Crippen molar-refractivity contribution in [2.45, 2.75) is 134 Å². The summed E-state index contributed by atoms with van der Waals surface area (Å²) < 4.78 is 48.1. The van der Waals surface area contributed by atoms with Crippen molar-refractivity contribution in [2.75, 3.05) is 27.8 Å². The molecule has 3 fully saturated rings. The Balaban J connectivity index is 1.64. The number of rotatable bonds is 7. The van der Waals surface area contributed by atoms with E-state index < -0.39 is 83.1 Å². The maximum atomic E-state index is 17.0. The van der Waals surface area contributed by atoms with Gasteiger partial charge in [-0.1, -0.05) is 62.9 Å². The zero-order chi connectivity index (χ0) is 42.7. The Hall–Kier alpha value is -4.20. The molecule has 13 atom stereocenters. The number of aliphatic hydroxyl groups is 1. The number of likely N-dealkylation sites (N-methyl/N-ethyl adjacent to an activating group) is 1. The molecule has 14 nitrogen and oxygen atoms in total. The largest absolute Gasteiger partial charge is 0.455 e. The van der Waals surface area contributed by atoms with E-state index in [2.05, 4.69) is 27.3 Å². The van der Waals surface area contributed by atoms with Crippen molar-refractivity contribution in [1.82, 2.24) is 15.2 Å². The molecule has 5 rings (SSSR count). The molecule has 318 valence electrons. The highest BCUT2D eigenvalue weighted by Crippen LogP contribution is 2.41. The molecule has 58 heavy (non-hydrogen) atoms. The Bertz CT molecular complexity index is 1920. The Kier molecular flexibility index (Phi) is 13.9. The summed E-state index contributed by atoms with van der Waals surface area (Å²) >= 11 is 0. The second kappa shape index (κ2) is 18.0. The van der Waals surface area contributed by atoms with Crippen LogP contribution in [0.5, 0.6) is 0 Å². The molecule has 1 amide bonds. The maximum absolute atomic E-state index is 17.0. The number of Topliss-reactive ketones (excluding diaryl/α,β-unsaturated/α-hetero) is 1. The Labute approximate surface area is 340 Å². The number of carbonyl (C=O) groups is 3. The summed E-state index contributed by atoms with van der Waals surface area (Å²) in [5.41, 5.74) is -4.22. The normalized spacial score (nSPS) is 38.2. The van der Waals surface area contributed by atoms with Gasteiger partial charge < -0.3 is 43.8 Å². The molecule has 3 aliphatic heterocycles. The van der Waals surface area contributed by atoms with Crippen LogP contribution in [0.25, 0.3) is 10.9 Å². The molecule has 1 unspecified atom stereocenters. The first kappa shape index (κ1) is 44.9. The first-order valence-corrected chi connectivity index (χ1v) is 19.9. The van der Waals surface area contributed by atoms with Crippen LogP contribution in [0.2, 0.25) is 0 Å². The number of cyclic esters (lactones) is 1. The zero-order valence-corrected chi connectivity index (χ0v) is 35.4. The minimum absolute atomic E-state index is 0.0827. The van der Waals surface area contributed by atoms with E-state index >= 15 is 4.39 Å². The number of hydrogen-bond acceptors (Lipinski definition) is 13. The molecule has 2 aromatic rings. The average Bonchev–Trinajstić information content (AvgIpc) is 3.50. The zero-order valence-electron chi connectivity index (χ0n) is 35.4. The van der Waals surface area contributed by atoms with E-state index in [1.54, 1.807) is 27.0 Å². The third-order valence-electron chi connectivity index (χ3n) is 12.0. The van der Waals surface area contributed by atoms with Gasteiger partial charge in [0.1, 0.15) is 25.9 Å². The van der Waals surface area contributed by atoms with Gasteiger partial charge in [0.2, 0.25) is 0 Å². The number of esters is 1. The fraction of sp³-hybridized carbons (Fsp3) is 0.651. The van der Waals surface area contributed by atoms with Crippen molar-refractivity contribution in [3.63, 3.8) is 0 Å². The smallest absolute Gasteiger partial charge is 0.408 e. The van der Waals surface area contributed by atoms with Gasteiger partial charge in [0.25, 0.3) is 5.67 Å². The Morgan fingerprint density at radius 1 is 1.10 bits per heavy atom. The lowest BCUT2D eigenvalue weighted by atomic mass is 9.73.